The Morgan fingerprint density at radius 3 is 2.82 bits per heavy atom. The molecule has 0 saturated carbocycles. The van der Waals surface area contributed by atoms with Crippen LogP contribution in [0.25, 0.3) is 0 Å². The Bertz CT molecular complexity index is 369. The predicted molar refractivity (Wildman–Crippen MR) is 64.5 cm³/mol. The van der Waals surface area contributed by atoms with E-state index in [1.165, 1.54) is 5.56 Å². The molecule has 1 aromatic rings. The summed E-state index contributed by atoms with van der Waals surface area (Å²) in [5, 5.41) is 5.69. The van der Waals surface area contributed by atoms with Gasteiger partial charge in [-0.2, -0.15) is 0 Å². The van der Waals surface area contributed by atoms with Gasteiger partial charge in [0.05, 0.1) is 6.04 Å². The van der Waals surface area contributed by atoms with Gasteiger partial charge in [-0.1, -0.05) is 30.3 Å². The van der Waals surface area contributed by atoms with E-state index in [0.717, 1.165) is 6.42 Å². The van der Waals surface area contributed by atoms with Crippen molar-refractivity contribution in [2.24, 2.45) is 0 Å². The van der Waals surface area contributed by atoms with Gasteiger partial charge < -0.3 is 10.6 Å². The smallest absolute Gasteiger partial charge is 0.237 e. The zero-order chi connectivity index (χ0) is 12.1. The number of carbonyl (C=O) groups is 1. The van der Waals surface area contributed by atoms with Gasteiger partial charge in [-0.15, -0.1) is 0 Å². The molecule has 4 heteroatoms. The first-order valence-corrected chi connectivity index (χ1v) is 5.95. The van der Waals surface area contributed by atoms with E-state index < -0.39 is 6.17 Å². The summed E-state index contributed by atoms with van der Waals surface area (Å²) in [7, 11) is 0. The van der Waals surface area contributed by atoms with Crippen molar-refractivity contribution < 1.29 is 9.18 Å². The van der Waals surface area contributed by atoms with Gasteiger partial charge in [-0.05, 0) is 12.0 Å². The number of hydrogen-bond acceptors (Lipinski definition) is 2. The molecule has 92 valence electrons. The minimum absolute atomic E-state index is 0.0962. The average Bonchev–Trinajstić information content (AvgIpc) is 2.77. The Labute approximate surface area is 100 Å². The van der Waals surface area contributed by atoms with Crippen LogP contribution in [-0.2, 0) is 11.2 Å². The van der Waals surface area contributed by atoms with Crippen molar-refractivity contribution in [2.45, 2.75) is 25.1 Å². The number of benzene rings is 1. The molecule has 0 aromatic heterocycles. The highest BCUT2D eigenvalue weighted by atomic mass is 19.1. The van der Waals surface area contributed by atoms with Gasteiger partial charge in [-0.3, -0.25) is 4.79 Å². The summed E-state index contributed by atoms with van der Waals surface area (Å²) in [5.41, 5.74) is 1.19. The Hall–Kier alpha value is -1.42. The molecule has 3 nitrogen and oxygen atoms in total. The number of nitrogens with one attached hydrogen (secondary N) is 2. The first-order chi connectivity index (χ1) is 8.25. The van der Waals surface area contributed by atoms with Crippen molar-refractivity contribution in [3.63, 3.8) is 0 Å². The molecule has 1 aliphatic heterocycles. The van der Waals surface area contributed by atoms with Crippen LogP contribution in [0.2, 0.25) is 0 Å². The molecule has 17 heavy (non-hydrogen) atoms. The third kappa shape index (κ3) is 3.53. The third-order valence-electron chi connectivity index (χ3n) is 2.95. The largest absolute Gasteiger partial charge is 0.354 e. The summed E-state index contributed by atoms with van der Waals surface area (Å²) in [6.45, 7) is 0.884. The summed E-state index contributed by atoms with van der Waals surface area (Å²) in [4.78, 5) is 11.6. The summed E-state index contributed by atoms with van der Waals surface area (Å²) in [5.74, 6) is -0.0962. The molecule has 0 unspecified atom stereocenters. The second-order valence-electron chi connectivity index (χ2n) is 4.32. The Morgan fingerprint density at radius 2 is 2.18 bits per heavy atom. The zero-order valence-corrected chi connectivity index (χ0v) is 9.66. The SMILES string of the molecule is O=C(NCCc1ccccc1)[C@@H]1C[C@@H](F)CN1. The van der Waals surface area contributed by atoms with Crippen LogP contribution in [0.5, 0.6) is 0 Å². The van der Waals surface area contributed by atoms with Crippen molar-refractivity contribution in [3.8, 4) is 0 Å². The highest BCUT2D eigenvalue weighted by molar-refractivity contribution is 5.82. The first-order valence-electron chi connectivity index (χ1n) is 5.95. The number of halogens is 1. The lowest BCUT2D eigenvalue weighted by molar-refractivity contribution is -0.122. The van der Waals surface area contributed by atoms with E-state index in [4.69, 9.17) is 0 Å². The zero-order valence-electron chi connectivity index (χ0n) is 9.66. The molecule has 2 atom stereocenters. The number of alkyl halides is 1. The van der Waals surface area contributed by atoms with Crippen LogP contribution in [0.1, 0.15) is 12.0 Å². The molecule has 0 bridgehead atoms. The lowest BCUT2D eigenvalue weighted by atomic mass is 10.1. The van der Waals surface area contributed by atoms with Gasteiger partial charge in [-0.25, -0.2) is 4.39 Å². The summed E-state index contributed by atoms with van der Waals surface area (Å²) in [6, 6.07) is 9.61. The van der Waals surface area contributed by atoms with Gasteiger partial charge in [0.15, 0.2) is 0 Å². The van der Waals surface area contributed by atoms with Crippen LogP contribution in [0, 0.1) is 0 Å². The summed E-state index contributed by atoms with van der Waals surface area (Å²) < 4.78 is 12.9. The highest BCUT2D eigenvalue weighted by Crippen LogP contribution is 2.09. The molecule has 0 aliphatic carbocycles. The fourth-order valence-electron chi connectivity index (χ4n) is 1.99. The van der Waals surface area contributed by atoms with Crippen molar-refractivity contribution in [1.29, 1.82) is 0 Å². The normalized spacial score (nSPS) is 23.6. The molecule has 0 radical (unpaired) electrons. The van der Waals surface area contributed by atoms with Crippen molar-refractivity contribution in [2.75, 3.05) is 13.1 Å². The predicted octanol–water partition coefficient (Wildman–Crippen LogP) is 1.05. The van der Waals surface area contributed by atoms with Gasteiger partial charge in [0, 0.05) is 19.5 Å². The second kappa shape index (κ2) is 5.77. The van der Waals surface area contributed by atoms with E-state index >= 15 is 0 Å². The maximum absolute atomic E-state index is 12.9. The van der Waals surface area contributed by atoms with Gasteiger partial charge in [0.2, 0.25) is 5.91 Å². The van der Waals surface area contributed by atoms with E-state index in [2.05, 4.69) is 10.6 Å². The van der Waals surface area contributed by atoms with Crippen LogP contribution in [0.3, 0.4) is 0 Å². The average molecular weight is 236 g/mol. The number of amides is 1. The highest BCUT2D eigenvalue weighted by Gasteiger charge is 2.28. The van der Waals surface area contributed by atoms with Crippen LogP contribution in [0.4, 0.5) is 4.39 Å². The topological polar surface area (TPSA) is 41.1 Å². The minimum atomic E-state index is -0.889. The first kappa shape index (κ1) is 12.0. The minimum Gasteiger partial charge on any atom is -0.354 e. The number of rotatable bonds is 4. The number of hydrogen-bond donors (Lipinski definition) is 2. The maximum Gasteiger partial charge on any atom is 0.237 e. The second-order valence-corrected chi connectivity index (χ2v) is 4.32. The molecule has 1 heterocycles. The molecule has 0 spiro atoms. The lowest BCUT2D eigenvalue weighted by Gasteiger charge is -2.10. The van der Waals surface area contributed by atoms with E-state index in [0.29, 0.717) is 6.54 Å². The molecule has 2 N–H and O–H groups in total. The van der Waals surface area contributed by atoms with E-state index in [1.54, 1.807) is 0 Å². The molecule has 1 amide bonds. The summed E-state index contributed by atoms with van der Waals surface area (Å²) in [6.07, 6.45) is 0.204. The molecule has 1 fully saturated rings. The molecular weight excluding hydrogens is 219 g/mol. The van der Waals surface area contributed by atoms with Crippen molar-refractivity contribution >= 4 is 5.91 Å². The Balaban J connectivity index is 1.70. The van der Waals surface area contributed by atoms with Crippen LogP contribution in [0.15, 0.2) is 30.3 Å². The van der Waals surface area contributed by atoms with E-state index in [1.807, 2.05) is 30.3 Å². The molecular formula is C13H17FN2O. The maximum atomic E-state index is 12.9. The van der Waals surface area contributed by atoms with Gasteiger partial charge in [0.1, 0.15) is 6.17 Å². The fraction of sp³-hybridized carbons (Fsp3) is 0.462. The third-order valence-corrected chi connectivity index (χ3v) is 2.95. The molecule has 2 rings (SSSR count). The lowest BCUT2D eigenvalue weighted by Crippen LogP contribution is -2.41. The molecule has 1 saturated heterocycles. The Morgan fingerprint density at radius 1 is 1.41 bits per heavy atom. The van der Waals surface area contributed by atoms with Crippen LogP contribution < -0.4 is 10.6 Å². The monoisotopic (exact) mass is 236 g/mol. The molecule has 1 aromatic carbocycles. The van der Waals surface area contributed by atoms with E-state index in [9.17, 15) is 9.18 Å². The number of carbonyl (C=O) groups excluding carboxylic acids is 1. The summed E-state index contributed by atoms with van der Waals surface area (Å²) >= 11 is 0. The standard InChI is InChI=1S/C13H17FN2O/c14-11-8-12(16-9-11)13(17)15-7-6-10-4-2-1-3-5-10/h1-5,11-12,16H,6-9H2,(H,15,17)/t11-,12+/m1/s1. The van der Waals surface area contributed by atoms with E-state index in [-0.39, 0.29) is 24.9 Å². The quantitative estimate of drug-likeness (QED) is 0.820. The fourth-order valence-corrected chi connectivity index (χ4v) is 1.99. The van der Waals surface area contributed by atoms with Crippen LogP contribution >= 0.6 is 0 Å². The van der Waals surface area contributed by atoms with Crippen molar-refractivity contribution in [1.82, 2.24) is 10.6 Å². The van der Waals surface area contributed by atoms with Gasteiger partial charge >= 0.3 is 0 Å². The van der Waals surface area contributed by atoms with Crippen LogP contribution in [-0.4, -0.2) is 31.2 Å². The molecule has 1 aliphatic rings. The van der Waals surface area contributed by atoms with Crippen molar-refractivity contribution in [3.05, 3.63) is 35.9 Å². The van der Waals surface area contributed by atoms with Gasteiger partial charge in [0.25, 0.3) is 0 Å². The Kier molecular flexibility index (Phi) is 4.09.